The van der Waals surface area contributed by atoms with E-state index in [0.717, 1.165) is 73.0 Å². The highest BCUT2D eigenvalue weighted by atomic mass is 28.4. The van der Waals surface area contributed by atoms with Crippen LogP contribution in [-0.4, -0.2) is 26.4 Å². The maximum Gasteiger partial charge on any atom is 0.340 e. The lowest BCUT2D eigenvalue weighted by Gasteiger charge is -2.43. The summed E-state index contributed by atoms with van der Waals surface area (Å²) in [5, 5.41) is 0. The molecular formula is C30H42FNO3Si. The monoisotopic (exact) mass is 511 g/mol. The molecule has 0 N–H and O–H groups in total. The molecule has 0 spiro atoms. The predicted molar refractivity (Wildman–Crippen MR) is 145 cm³/mol. The molecule has 196 valence electrons. The van der Waals surface area contributed by atoms with E-state index in [4.69, 9.17) is 14.1 Å². The Morgan fingerprint density at radius 1 is 1.19 bits per heavy atom. The van der Waals surface area contributed by atoms with Crippen LogP contribution in [0.3, 0.4) is 0 Å². The Morgan fingerprint density at radius 3 is 2.42 bits per heavy atom. The van der Waals surface area contributed by atoms with Crippen molar-refractivity contribution in [3.8, 4) is 11.1 Å². The van der Waals surface area contributed by atoms with E-state index >= 15 is 0 Å². The van der Waals surface area contributed by atoms with Gasteiger partial charge in [-0.1, -0.05) is 59.1 Å². The van der Waals surface area contributed by atoms with E-state index in [2.05, 4.69) is 40.8 Å². The Balaban J connectivity index is 2.02. The van der Waals surface area contributed by atoms with Gasteiger partial charge in [-0.15, -0.1) is 0 Å². The van der Waals surface area contributed by atoms with Crippen LogP contribution in [0.25, 0.3) is 11.1 Å². The summed E-state index contributed by atoms with van der Waals surface area (Å²) >= 11 is 0. The minimum absolute atomic E-state index is 0.0182. The number of fused-ring (bicyclic) bond motifs is 1. The Hall–Kier alpha value is -2.05. The second-order valence-electron chi connectivity index (χ2n) is 12.2. The van der Waals surface area contributed by atoms with Crippen molar-refractivity contribution in [1.29, 1.82) is 0 Å². The summed E-state index contributed by atoms with van der Waals surface area (Å²) in [4.78, 5) is 18.7. The van der Waals surface area contributed by atoms with Crippen molar-refractivity contribution in [2.45, 2.75) is 103 Å². The summed E-state index contributed by atoms with van der Waals surface area (Å²) in [6.07, 6.45) is 6.90. The second-order valence-corrected chi connectivity index (χ2v) is 16.6. The summed E-state index contributed by atoms with van der Waals surface area (Å²) in [6, 6.07) is 6.51. The molecule has 1 fully saturated rings. The van der Waals surface area contributed by atoms with Crippen LogP contribution >= 0.6 is 0 Å². The molecule has 1 heterocycles. The van der Waals surface area contributed by atoms with Crippen molar-refractivity contribution in [2.75, 3.05) is 7.11 Å². The molecular weight excluding hydrogens is 469 g/mol. The quantitative estimate of drug-likeness (QED) is 0.277. The molecule has 4 nitrogen and oxygen atoms in total. The molecule has 1 aromatic heterocycles. The van der Waals surface area contributed by atoms with Crippen molar-refractivity contribution in [1.82, 2.24) is 4.98 Å². The minimum atomic E-state index is -2.05. The van der Waals surface area contributed by atoms with Crippen LogP contribution in [0.1, 0.15) is 106 Å². The van der Waals surface area contributed by atoms with Gasteiger partial charge in [0.05, 0.1) is 24.5 Å². The number of benzene rings is 1. The zero-order valence-corrected chi connectivity index (χ0v) is 24.0. The first-order chi connectivity index (χ1) is 17.0. The first-order valence-corrected chi connectivity index (χ1v) is 16.5. The Kier molecular flexibility index (Phi) is 7.78. The van der Waals surface area contributed by atoms with E-state index in [-0.39, 0.29) is 29.2 Å². The molecule has 0 aliphatic heterocycles. The van der Waals surface area contributed by atoms with Crippen LogP contribution in [-0.2, 0) is 15.6 Å². The fourth-order valence-corrected chi connectivity index (χ4v) is 8.22. The summed E-state index contributed by atoms with van der Waals surface area (Å²) in [6.45, 7) is 13.7. The highest BCUT2D eigenvalue weighted by Gasteiger charge is 2.43. The molecule has 36 heavy (non-hydrogen) atoms. The zero-order valence-electron chi connectivity index (χ0n) is 23.0. The molecule has 4 rings (SSSR count). The van der Waals surface area contributed by atoms with Crippen molar-refractivity contribution in [3.63, 3.8) is 0 Å². The maximum atomic E-state index is 14.0. The Morgan fingerprint density at radius 2 is 1.83 bits per heavy atom. The number of carbonyl (C=O) groups excluding carboxylic acids is 1. The number of methoxy groups -OCH3 is 1. The minimum Gasteiger partial charge on any atom is -0.465 e. The standard InChI is InChI=1S/C30H42FNO3Si/c1-8-19(2)36(6,7)35-24-18-30(3,4)17-23-26(24)25(20-13-15-22(31)16-14-20)27(29(33)34-5)28(32-23)21-11-9-10-12-21/h13-16,19,21,24H,8-12,17-18H2,1-7H3. The van der Waals surface area contributed by atoms with E-state index < -0.39 is 8.32 Å². The van der Waals surface area contributed by atoms with Gasteiger partial charge < -0.3 is 9.16 Å². The van der Waals surface area contributed by atoms with Gasteiger partial charge in [0.2, 0.25) is 0 Å². The largest absolute Gasteiger partial charge is 0.465 e. The lowest BCUT2D eigenvalue weighted by atomic mass is 9.72. The molecule has 2 atom stereocenters. The number of ether oxygens (including phenoxy) is 1. The molecule has 2 aliphatic rings. The number of nitrogens with zero attached hydrogens (tertiary/aromatic N) is 1. The topological polar surface area (TPSA) is 48.4 Å². The van der Waals surface area contributed by atoms with E-state index in [1.54, 1.807) is 12.1 Å². The zero-order chi connectivity index (χ0) is 26.3. The van der Waals surface area contributed by atoms with E-state index in [1.807, 2.05) is 0 Å². The van der Waals surface area contributed by atoms with Gasteiger partial charge >= 0.3 is 5.97 Å². The highest BCUT2D eigenvalue weighted by molar-refractivity contribution is 6.72. The van der Waals surface area contributed by atoms with Crippen LogP contribution in [0.4, 0.5) is 4.39 Å². The number of pyridine rings is 1. The van der Waals surface area contributed by atoms with Crippen molar-refractivity contribution < 1.29 is 18.3 Å². The van der Waals surface area contributed by atoms with Crippen molar-refractivity contribution in [2.24, 2.45) is 5.41 Å². The lowest BCUT2D eigenvalue weighted by molar-refractivity contribution is 0.0598. The van der Waals surface area contributed by atoms with Gasteiger partial charge in [-0.3, -0.25) is 4.98 Å². The third kappa shape index (κ3) is 5.30. The maximum absolute atomic E-state index is 14.0. The van der Waals surface area contributed by atoms with Crippen LogP contribution in [0.2, 0.25) is 18.6 Å². The van der Waals surface area contributed by atoms with E-state index in [0.29, 0.717) is 11.1 Å². The number of carbonyl (C=O) groups is 1. The Labute approximate surface area is 217 Å². The number of hydrogen-bond donors (Lipinski definition) is 0. The molecule has 6 heteroatoms. The average molecular weight is 512 g/mol. The summed E-state index contributed by atoms with van der Waals surface area (Å²) in [5.74, 6) is -0.427. The average Bonchev–Trinajstić information content (AvgIpc) is 3.36. The van der Waals surface area contributed by atoms with Gasteiger partial charge in [0.15, 0.2) is 8.32 Å². The molecule has 2 aromatic rings. The summed E-state index contributed by atoms with van der Waals surface area (Å²) in [7, 11) is -0.619. The number of aromatic nitrogens is 1. The van der Waals surface area contributed by atoms with Gasteiger partial charge in [0.25, 0.3) is 0 Å². The number of halogens is 1. The number of esters is 1. The summed E-state index contributed by atoms with van der Waals surface area (Å²) in [5.41, 5.74) is 5.61. The van der Waals surface area contributed by atoms with E-state index in [1.165, 1.54) is 19.2 Å². The third-order valence-electron chi connectivity index (χ3n) is 8.56. The van der Waals surface area contributed by atoms with Crippen molar-refractivity contribution >= 4 is 14.3 Å². The molecule has 2 unspecified atom stereocenters. The Bertz CT molecular complexity index is 1110. The number of rotatable bonds is 7. The second kappa shape index (κ2) is 10.4. The van der Waals surface area contributed by atoms with Gasteiger partial charge in [-0.25, -0.2) is 9.18 Å². The van der Waals surface area contributed by atoms with E-state index in [9.17, 15) is 9.18 Å². The molecule has 0 radical (unpaired) electrons. The third-order valence-corrected chi connectivity index (χ3v) is 12.2. The van der Waals surface area contributed by atoms with Gasteiger partial charge in [0.1, 0.15) is 5.82 Å². The molecule has 1 saturated carbocycles. The van der Waals surface area contributed by atoms with Crippen LogP contribution in [0.15, 0.2) is 24.3 Å². The van der Waals surface area contributed by atoms with Gasteiger partial charge in [0, 0.05) is 22.7 Å². The summed E-state index contributed by atoms with van der Waals surface area (Å²) < 4.78 is 26.4. The van der Waals surface area contributed by atoms with Gasteiger partial charge in [-0.05, 0) is 67.4 Å². The fraction of sp³-hybridized carbons (Fsp3) is 0.600. The number of hydrogen-bond acceptors (Lipinski definition) is 4. The SMILES string of the molecule is CCC(C)[Si](C)(C)OC1CC(C)(C)Cc2nc(C3CCCC3)c(C(=O)OC)c(-c3ccc(F)cc3)c21. The van der Waals surface area contributed by atoms with Gasteiger partial charge in [-0.2, -0.15) is 0 Å². The fourth-order valence-electron chi connectivity index (χ4n) is 6.07. The molecule has 0 saturated heterocycles. The highest BCUT2D eigenvalue weighted by Crippen LogP contribution is 2.50. The van der Waals surface area contributed by atoms with Crippen LogP contribution in [0.5, 0.6) is 0 Å². The first-order valence-electron chi connectivity index (χ1n) is 13.6. The van der Waals surface area contributed by atoms with Crippen LogP contribution in [0, 0.1) is 11.2 Å². The molecule has 0 bridgehead atoms. The lowest BCUT2D eigenvalue weighted by Crippen LogP contribution is -2.40. The van der Waals surface area contributed by atoms with Crippen LogP contribution < -0.4 is 0 Å². The normalized spacial score (nSPS) is 20.7. The predicted octanol–water partition coefficient (Wildman–Crippen LogP) is 8.37. The first kappa shape index (κ1) is 27.0. The van der Waals surface area contributed by atoms with Crippen molar-refractivity contribution in [3.05, 3.63) is 52.6 Å². The molecule has 2 aliphatic carbocycles. The molecule has 1 aromatic carbocycles. The molecule has 0 amide bonds. The smallest absolute Gasteiger partial charge is 0.340 e.